The molecule has 1 fully saturated rings. The molecule has 2 aromatic carbocycles. The van der Waals surface area contributed by atoms with E-state index in [9.17, 15) is 13.2 Å². The standard InChI is InChI=1S/C24H33N3O3S/c1-18(16-20-8-4-3-5-9-20)25-17-21-10-6-7-11-24(21)27-31(29,30)23-14-12-22(13-15-23)26-19(2)28/h6-7,10-15,18,20,25,27H,3-5,8-9,16-17H2,1-2H3,(H,26,28). The Morgan fingerprint density at radius 2 is 1.71 bits per heavy atom. The summed E-state index contributed by atoms with van der Waals surface area (Å²) in [7, 11) is -3.73. The van der Waals surface area contributed by atoms with Gasteiger partial charge in [-0.05, 0) is 55.2 Å². The van der Waals surface area contributed by atoms with Crippen molar-refractivity contribution in [2.24, 2.45) is 5.92 Å². The lowest BCUT2D eigenvalue weighted by molar-refractivity contribution is -0.114. The minimum atomic E-state index is -3.73. The highest BCUT2D eigenvalue weighted by Gasteiger charge is 2.18. The Morgan fingerprint density at radius 1 is 1.03 bits per heavy atom. The molecule has 3 rings (SSSR count). The molecule has 1 atom stereocenters. The molecule has 0 bridgehead atoms. The second kappa shape index (κ2) is 10.8. The number of sulfonamides is 1. The third kappa shape index (κ3) is 7.08. The molecule has 2 aromatic rings. The molecular formula is C24H33N3O3S. The van der Waals surface area contributed by atoms with Gasteiger partial charge < -0.3 is 10.6 Å². The second-order valence-electron chi connectivity index (χ2n) is 8.49. The molecule has 1 unspecified atom stereocenters. The fourth-order valence-corrected chi connectivity index (χ4v) is 5.29. The van der Waals surface area contributed by atoms with E-state index in [1.807, 2.05) is 18.2 Å². The molecule has 0 spiro atoms. The van der Waals surface area contributed by atoms with Crippen LogP contribution < -0.4 is 15.4 Å². The van der Waals surface area contributed by atoms with Crippen molar-refractivity contribution in [1.82, 2.24) is 5.32 Å². The molecule has 0 radical (unpaired) electrons. The van der Waals surface area contributed by atoms with Gasteiger partial charge in [0.15, 0.2) is 0 Å². The zero-order chi connectivity index (χ0) is 22.3. The monoisotopic (exact) mass is 443 g/mol. The van der Waals surface area contributed by atoms with E-state index in [4.69, 9.17) is 0 Å². The molecule has 1 saturated carbocycles. The van der Waals surface area contributed by atoms with Gasteiger partial charge in [-0.25, -0.2) is 8.42 Å². The Morgan fingerprint density at radius 3 is 2.39 bits per heavy atom. The summed E-state index contributed by atoms with van der Waals surface area (Å²) in [5.74, 6) is 0.596. The summed E-state index contributed by atoms with van der Waals surface area (Å²) in [6.07, 6.45) is 7.85. The lowest BCUT2D eigenvalue weighted by Gasteiger charge is -2.25. The average molecular weight is 444 g/mol. The van der Waals surface area contributed by atoms with E-state index >= 15 is 0 Å². The predicted molar refractivity (Wildman–Crippen MR) is 125 cm³/mol. The van der Waals surface area contributed by atoms with E-state index in [-0.39, 0.29) is 10.8 Å². The molecule has 3 N–H and O–H groups in total. The minimum Gasteiger partial charge on any atom is -0.326 e. The molecule has 0 aromatic heterocycles. The summed E-state index contributed by atoms with van der Waals surface area (Å²) in [6, 6.07) is 14.0. The van der Waals surface area contributed by atoms with Crippen molar-refractivity contribution in [3.63, 3.8) is 0 Å². The molecule has 0 heterocycles. The van der Waals surface area contributed by atoms with Gasteiger partial charge >= 0.3 is 0 Å². The number of hydrogen-bond acceptors (Lipinski definition) is 4. The highest BCUT2D eigenvalue weighted by atomic mass is 32.2. The highest BCUT2D eigenvalue weighted by molar-refractivity contribution is 7.92. The van der Waals surface area contributed by atoms with E-state index in [1.54, 1.807) is 18.2 Å². The van der Waals surface area contributed by atoms with Crippen molar-refractivity contribution in [3.05, 3.63) is 54.1 Å². The first-order valence-electron chi connectivity index (χ1n) is 11.1. The summed E-state index contributed by atoms with van der Waals surface area (Å²) < 4.78 is 28.5. The van der Waals surface area contributed by atoms with E-state index < -0.39 is 10.0 Å². The van der Waals surface area contributed by atoms with Gasteiger partial charge in [-0.2, -0.15) is 0 Å². The van der Waals surface area contributed by atoms with Gasteiger partial charge in [0.05, 0.1) is 10.6 Å². The number of carbonyl (C=O) groups excluding carboxylic acids is 1. The van der Waals surface area contributed by atoms with E-state index in [0.29, 0.717) is 24.0 Å². The lowest BCUT2D eigenvalue weighted by atomic mass is 9.85. The smallest absolute Gasteiger partial charge is 0.261 e. The first-order valence-corrected chi connectivity index (χ1v) is 12.5. The molecule has 1 amide bonds. The Labute approximate surface area is 185 Å². The summed E-state index contributed by atoms with van der Waals surface area (Å²) in [4.78, 5) is 11.3. The van der Waals surface area contributed by atoms with Crippen LogP contribution in [-0.4, -0.2) is 20.4 Å². The van der Waals surface area contributed by atoms with Gasteiger partial charge in [0.25, 0.3) is 10.0 Å². The van der Waals surface area contributed by atoms with Crippen molar-refractivity contribution >= 4 is 27.3 Å². The van der Waals surface area contributed by atoms with Gasteiger partial charge in [-0.15, -0.1) is 0 Å². The quantitative estimate of drug-likeness (QED) is 0.515. The molecule has 1 aliphatic rings. The SMILES string of the molecule is CC(=O)Nc1ccc(S(=O)(=O)Nc2ccccc2CNC(C)CC2CCCCC2)cc1. The number of para-hydroxylation sites is 1. The number of rotatable bonds is 9. The highest BCUT2D eigenvalue weighted by Crippen LogP contribution is 2.27. The van der Waals surface area contributed by atoms with E-state index in [0.717, 1.165) is 17.9 Å². The van der Waals surface area contributed by atoms with Crippen molar-refractivity contribution in [3.8, 4) is 0 Å². The maximum Gasteiger partial charge on any atom is 0.261 e. The van der Waals surface area contributed by atoms with Crippen molar-refractivity contribution in [1.29, 1.82) is 0 Å². The average Bonchev–Trinajstić information content (AvgIpc) is 2.73. The Bertz CT molecular complexity index is 968. The molecule has 6 nitrogen and oxygen atoms in total. The summed E-state index contributed by atoms with van der Waals surface area (Å²) >= 11 is 0. The van der Waals surface area contributed by atoms with Crippen LogP contribution >= 0.6 is 0 Å². The summed E-state index contributed by atoms with van der Waals surface area (Å²) in [6.45, 7) is 4.22. The van der Waals surface area contributed by atoms with Gasteiger partial charge in [-0.3, -0.25) is 9.52 Å². The van der Waals surface area contributed by atoms with Gasteiger partial charge in [-0.1, -0.05) is 50.3 Å². The fourth-order valence-electron chi connectivity index (χ4n) is 4.19. The molecular weight excluding hydrogens is 410 g/mol. The van der Waals surface area contributed by atoms with Crippen LogP contribution in [0.5, 0.6) is 0 Å². The summed E-state index contributed by atoms with van der Waals surface area (Å²) in [5.41, 5.74) is 2.05. The van der Waals surface area contributed by atoms with Crippen molar-refractivity contribution < 1.29 is 13.2 Å². The molecule has 0 aliphatic heterocycles. The van der Waals surface area contributed by atoms with Gasteiger partial charge in [0.2, 0.25) is 5.91 Å². The van der Waals surface area contributed by atoms with E-state index in [1.165, 1.54) is 51.2 Å². The maximum absolute atomic E-state index is 12.9. The molecule has 7 heteroatoms. The lowest BCUT2D eigenvalue weighted by Crippen LogP contribution is -2.29. The number of benzene rings is 2. The van der Waals surface area contributed by atoms with Crippen LogP contribution in [0.15, 0.2) is 53.4 Å². The molecule has 168 valence electrons. The minimum absolute atomic E-state index is 0.148. The predicted octanol–water partition coefficient (Wildman–Crippen LogP) is 4.89. The van der Waals surface area contributed by atoms with Crippen molar-refractivity contribution in [2.75, 3.05) is 10.0 Å². The van der Waals surface area contributed by atoms with E-state index in [2.05, 4.69) is 22.3 Å². The van der Waals surface area contributed by atoms with Crippen LogP contribution in [-0.2, 0) is 21.4 Å². The van der Waals surface area contributed by atoms with Gasteiger partial charge in [0, 0.05) is 25.2 Å². The third-order valence-corrected chi connectivity index (χ3v) is 7.18. The normalized spacial score (nSPS) is 15.9. The number of anilines is 2. The zero-order valence-corrected chi connectivity index (χ0v) is 19.2. The first-order chi connectivity index (χ1) is 14.8. The molecule has 0 saturated heterocycles. The van der Waals surface area contributed by atoms with Crippen molar-refractivity contribution in [2.45, 2.75) is 69.9 Å². The van der Waals surface area contributed by atoms with Gasteiger partial charge in [0.1, 0.15) is 0 Å². The number of hydrogen-bond donors (Lipinski definition) is 3. The Kier molecular flexibility index (Phi) is 8.09. The zero-order valence-electron chi connectivity index (χ0n) is 18.4. The number of nitrogens with one attached hydrogen (secondary N) is 3. The van der Waals surface area contributed by atoms with Crippen LogP contribution in [0.1, 0.15) is 57.9 Å². The maximum atomic E-state index is 12.9. The third-order valence-electron chi connectivity index (χ3n) is 5.80. The second-order valence-corrected chi connectivity index (χ2v) is 10.2. The number of amides is 1. The topological polar surface area (TPSA) is 87.3 Å². The molecule has 31 heavy (non-hydrogen) atoms. The van der Waals surface area contributed by atoms with Crippen LogP contribution in [0.4, 0.5) is 11.4 Å². The Balaban J connectivity index is 1.63. The first kappa shape index (κ1) is 23.3. The fraction of sp³-hybridized carbons (Fsp3) is 0.458. The van der Waals surface area contributed by atoms with Crippen LogP contribution in [0, 0.1) is 5.92 Å². The molecule has 1 aliphatic carbocycles. The van der Waals surface area contributed by atoms with Crippen LogP contribution in [0.3, 0.4) is 0 Å². The summed E-state index contributed by atoms with van der Waals surface area (Å²) in [5, 5.41) is 6.20. The van der Waals surface area contributed by atoms with Crippen LogP contribution in [0.2, 0.25) is 0 Å². The van der Waals surface area contributed by atoms with Crippen LogP contribution in [0.25, 0.3) is 0 Å². The number of carbonyl (C=O) groups is 1. The Hall–Kier alpha value is -2.38. The largest absolute Gasteiger partial charge is 0.326 e.